The van der Waals surface area contributed by atoms with E-state index in [2.05, 4.69) is 48.1 Å². The lowest BCUT2D eigenvalue weighted by molar-refractivity contribution is 0.508. The molecular weight excluding hydrogens is 156 g/mol. The van der Waals surface area contributed by atoms with Gasteiger partial charge in [-0.1, -0.05) is 27.4 Å². The van der Waals surface area contributed by atoms with E-state index in [4.69, 9.17) is 0 Å². The largest absolute Gasteiger partial charge is 0.0912 e. The van der Waals surface area contributed by atoms with Crippen molar-refractivity contribution < 1.29 is 0 Å². The molecule has 0 aromatic heterocycles. The van der Waals surface area contributed by atoms with Gasteiger partial charge in [0.1, 0.15) is 0 Å². The summed E-state index contributed by atoms with van der Waals surface area (Å²) in [4.78, 5) is 0. The van der Waals surface area contributed by atoms with Crippen LogP contribution in [0.1, 0.15) is 41.5 Å². The fraction of sp³-hybridized carbons (Fsp3) is 0.538. The van der Waals surface area contributed by atoms with Crippen LogP contribution in [0.5, 0.6) is 0 Å². The summed E-state index contributed by atoms with van der Waals surface area (Å²) < 4.78 is 0. The minimum absolute atomic E-state index is 0.245. The highest BCUT2D eigenvalue weighted by atomic mass is 14.3. The Hall–Kier alpha value is -0.780. The van der Waals surface area contributed by atoms with E-state index in [1.54, 1.807) is 0 Å². The molecule has 1 aliphatic rings. The minimum Gasteiger partial charge on any atom is -0.0912 e. The summed E-state index contributed by atoms with van der Waals surface area (Å²) in [5.41, 5.74) is 7.12. The molecule has 1 rings (SSSR count). The fourth-order valence-corrected chi connectivity index (χ4v) is 2.25. The first-order valence-electron chi connectivity index (χ1n) is 4.85. The van der Waals surface area contributed by atoms with Crippen LogP contribution in [0.15, 0.2) is 34.4 Å². The van der Waals surface area contributed by atoms with E-state index in [1.807, 2.05) is 0 Å². The van der Waals surface area contributed by atoms with Gasteiger partial charge in [0.2, 0.25) is 0 Å². The predicted molar refractivity (Wildman–Crippen MR) is 59.7 cm³/mol. The molecule has 0 aliphatic heterocycles. The predicted octanol–water partition coefficient (Wildman–Crippen LogP) is 4.26. The van der Waals surface area contributed by atoms with Crippen molar-refractivity contribution in [1.82, 2.24) is 0 Å². The summed E-state index contributed by atoms with van der Waals surface area (Å²) in [5.74, 6) is 0. The van der Waals surface area contributed by atoms with Crippen molar-refractivity contribution in [2.24, 2.45) is 5.41 Å². The van der Waals surface area contributed by atoms with Gasteiger partial charge < -0.3 is 0 Å². The Bertz CT molecular complexity index is 316. The van der Waals surface area contributed by atoms with E-state index < -0.39 is 0 Å². The molecule has 0 nitrogen and oxygen atoms in total. The molecular formula is C13H20. The summed E-state index contributed by atoms with van der Waals surface area (Å²) in [6.07, 6.45) is 0. The fourth-order valence-electron chi connectivity index (χ4n) is 2.25. The van der Waals surface area contributed by atoms with Gasteiger partial charge in [-0.3, -0.25) is 0 Å². The lowest BCUT2D eigenvalue weighted by atomic mass is 9.81. The normalized spacial score (nSPS) is 19.1. The Morgan fingerprint density at radius 1 is 0.846 bits per heavy atom. The van der Waals surface area contributed by atoms with E-state index in [0.717, 1.165) is 0 Å². The third-order valence-corrected chi connectivity index (χ3v) is 2.97. The summed E-state index contributed by atoms with van der Waals surface area (Å²) in [5, 5.41) is 0. The molecule has 72 valence electrons. The number of allylic oxidation sites excluding steroid dienone is 5. The van der Waals surface area contributed by atoms with Crippen LogP contribution in [0, 0.1) is 5.41 Å². The Morgan fingerprint density at radius 2 is 1.31 bits per heavy atom. The van der Waals surface area contributed by atoms with Crippen LogP contribution in [0.3, 0.4) is 0 Å². The van der Waals surface area contributed by atoms with Gasteiger partial charge in [-0.2, -0.15) is 0 Å². The van der Waals surface area contributed by atoms with Crippen molar-refractivity contribution in [3.05, 3.63) is 34.4 Å². The Kier molecular flexibility index (Phi) is 2.27. The zero-order chi connectivity index (χ0) is 10.4. The third-order valence-electron chi connectivity index (χ3n) is 2.97. The van der Waals surface area contributed by atoms with Crippen LogP contribution in [0.4, 0.5) is 0 Å². The van der Waals surface area contributed by atoms with E-state index in [1.165, 1.54) is 27.9 Å². The molecule has 0 bridgehead atoms. The molecule has 0 aromatic carbocycles. The van der Waals surface area contributed by atoms with Gasteiger partial charge in [-0.15, -0.1) is 0 Å². The van der Waals surface area contributed by atoms with Crippen LogP contribution >= 0.6 is 0 Å². The molecule has 0 amide bonds. The SMILES string of the molecule is C=C1C(C)=C(C)C(C(C)(C)C)=C1C. The average Bonchev–Trinajstić information content (AvgIpc) is 2.14. The summed E-state index contributed by atoms with van der Waals surface area (Å²) in [6.45, 7) is 17.5. The van der Waals surface area contributed by atoms with Gasteiger partial charge in [0.15, 0.2) is 0 Å². The molecule has 0 saturated carbocycles. The number of hydrogen-bond acceptors (Lipinski definition) is 0. The quantitative estimate of drug-likeness (QED) is 0.517. The first-order valence-corrected chi connectivity index (χ1v) is 4.85. The topological polar surface area (TPSA) is 0 Å². The highest BCUT2D eigenvalue weighted by Gasteiger charge is 2.27. The third kappa shape index (κ3) is 1.50. The van der Waals surface area contributed by atoms with Crippen LogP contribution < -0.4 is 0 Å². The second-order valence-electron chi connectivity index (χ2n) is 4.98. The van der Waals surface area contributed by atoms with Crippen LogP contribution in [0.25, 0.3) is 0 Å². The van der Waals surface area contributed by atoms with Gasteiger partial charge in [0.05, 0.1) is 0 Å². The molecule has 0 radical (unpaired) electrons. The second-order valence-corrected chi connectivity index (χ2v) is 4.98. The molecule has 0 N–H and O–H groups in total. The van der Waals surface area contributed by atoms with Gasteiger partial charge in [0, 0.05) is 0 Å². The van der Waals surface area contributed by atoms with Gasteiger partial charge in [-0.25, -0.2) is 0 Å². The Balaban J connectivity index is 3.32. The molecule has 0 atom stereocenters. The van der Waals surface area contributed by atoms with E-state index in [-0.39, 0.29) is 5.41 Å². The molecule has 0 spiro atoms. The average molecular weight is 176 g/mol. The second kappa shape index (κ2) is 2.87. The maximum absolute atomic E-state index is 4.11. The standard InChI is InChI=1S/C13H20/c1-8-9(2)11(4)12(10(8)3)13(5,6)7/h1H2,2-7H3. The lowest BCUT2D eigenvalue weighted by Crippen LogP contribution is -2.10. The van der Waals surface area contributed by atoms with E-state index in [9.17, 15) is 0 Å². The van der Waals surface area contributed by atoms with Crippen LogP contribution in [-0.4, -0.2) is 0 Å². The van der Waals surface area contributed by atoms with Crippen molar-refractivity contribution in [3.8, 4) is 0 Å². The Labute approximate surface area is 82.0 Å². The molecule has 0 fully saturated rings. The van der Waals surface area contributed by atoms with Crippen molar-refractivity contribution in [1.29, 1.82) is 0 Å². The smallest absolute Gasteiger partial charge is 0.0126 e. The van der Waals surface area contributed by atoms with Crippen molar-refractivity contribution in [2.45, 2.75) is 41.5 Å². The van der Waals surface area contributed by atoms with Crippen molar-refractivity contribution in [3.63, 3.8) is 0 Å². The highest BCUT2D eigenvalue weighted by molar-refractivity contribution is 5.62. The molecule has 0 heterocycles. The molecule has 13 heavy (non-hydrogen) atoms. The van der Waals surface area contributed by atoms with Crippen molar-refractivity contribution >= 4 is 0 Å². The van der Waals surface area contributed by atoms with Crippen LogP contribution in [-0.2, 0) is 0 Å². The Morgan fingerprint density at radius 3 is 1.46 bits per heavy atom. The van der Waals surface area contributed by atoms with Crippen LogP contribution in [0.2, 0.25) is 0 Å². The van der Waals surface area contributed by atoms with Gasteiger partial charge in [0.25, 0.3) is 0 Å². The first kappa shape index (κ1) is 10.3. The van der Waals surface area contributed by atoms with Gasteiger partial charge in [-0.05, 0) is 54.1 Å². The van der Waals surface area contributed by atoms with E-state index in [0.29, 0.717) is 0 Å². The maximum atomic E-state index is 4.11. The summed E-state index contributed by atoms with van der Waals surface area (Å²) >= 11 is 0. The van der Waals surface area contributed by atoms with E-state index >= 15 is 0 Å². The first-order chi connectivity index (χ1) is 5.76. The number of rotatable bonds is 0. The number of hydrogen-bond donors (Lipinski definition) is 0. The molecule has 0 unspecified atom stereocenters. The molecule has 1 aliphatic carbocycles. The summed E-state index contributed by atoms with van der Waals surface area (Å²) in [6, 6.07) is 0. The zero-order valence-electron chi connectivity index (χ0n) is 9.71. The monoisotopic (exact) mass is 176 g/mol. The lowest BCUT2D eigenvalue weighted by Gasteiger charge is -2.23. The summed E-state index contributed by atoms with van der Waals surface area (Å²) in [7, 11) is 0. The highest BCUT2D eigenvalue weighted by Crippen LogP contribution is 2.43. The minimum atomic E-state index is 0.245. The zero-order valence-corrected chi connectivity index (χ0v) is 9.71. The van der Waals surface area contributed by atoms with Crippen molar-refractivity contribution in [2.75, 3.05) is 0 Å². The maximum Gasteiger partial charge on any atom is -0.0126 e. The molecule has 0 aromatic rings. The molecule has 0 heteroatoms. The van der Waals surface area contributed by atoms with Gasteiger partial charge >= 0.3 is 0 Å². The molecule has 0 saturated heterocycles.